The van der Waals surface area contributed by atoms with Gasteiger partial charge in [0.05, 0.1) is 17.3 Å². The highest BCUT2D eigenvalue weighted by molar-refractivity contribution is 6.30. The first-order valence-corrected chi connectivity index (χ1v) is 13.4. The molecule has 0 aliphatic carbocycles. The molecule has 0 bridgehead atoms. The fourth-order valence-corrected chi connectivity index (χ4v) is 5.60. The number of carbonyl (C=O) groups is 2. The Hall–Kier alpha value is -3.79. The van der Waals surface area contributed by atoms with Gasteiger partial charge in [0.25, 0.3) is 0 Å². The van der Waals surface area contributed by atoms with Crippen molar-refractivity contribution in [1.82, 2.24) is 14.8 Å². The van der Waals surface area contributed by atoms with Gasteiger partial charge in [0.2, 0.25) is 5.91 Å². The van der Waals surface area contributed by atoms with Crippen molar-refractivity contribution in [2.24, 2.45) is 5.92 Å². The highest BCUT2D eigenvalue weighted by atomic mass is 35.5. The van der Waals surface area contributed by atoms with Crippen molar-refractivity contribution in [2.45, 2.75) is 24.8 Å². The van der Waals surface area contributed by atoms with E-state index in [1.165, 1.54) is 53.6 Å². The minimum atomic E-state index is -0.663. The molecule has 1 aromatic heterocycles. The summed E-state index contributed by atoms with van der Waals surface area (Å²) in [6.07, 6.45) is 1.73. The zero-order valence-corrected chi connectivity index (χ0v) is 22.5. The number of amides is 2. The molecule has 2 atom stereocenters. The van der Waals surface area contributed by atoms with Gasteiger partial charge in [0, 0.05) is 45.1 Å². The topological polar surface area (TPSA) is 66.0 Å². The third-order valence-electron chi connectivity index (χ3n) is 7.66. The van der Waals surface area contributed by atoms with Crippen LogP contribution in [0.3, 0.4) is 0 Å². The quantitative estimate of drug-likeness (QED) is 0.404. The Morgan fingerprint density at radius 2 is 1.68 bits per heavy atom. The molecule has 2 saturated heterocycles. The SMILES string of the molecule is CN(C(=O)Oc1ccc(F)cc1)[C@@H]1CN(C(=O)C2CCN(c3ccc(F)cn3)CC2)C[C@H]1c1ccc(F)c(Cl)c1. The summed E-state index contributed by atoms with van der Waals surface area (Å²) in [6.45, 7) is 1.78. The van der Waals surface area contributed by atoms with E-state index in [9.17, 15) is 22.8 Å². The first-order valence-electron chi connectivity index (χ1n) is 13.0. The van der Waals surface area contributed by atoms with Crippen molar-refractivity contribution >= 4 is 29.4 Å². The van der Waals surface area contributed by atoms with Gasteiger partial charge < -0.3 is 19.4 Å². The van der Waals surface area contributed by atoms with Crippen LogP contribution in [-0.2, 0) is 4.79 Å². The smallest absolute Gasteiger partial charge is 0.410 e. The number of ether oxygens (including phenoxy) is 1. The highest BCUT2D eigenvalue weighted by Gasteiger charge is 2.42. The zero-order chi connectivity index (χ0) is 28.4. The third kappa shape index (κ3) is 6.01. The van der Waals surface area contributed by atoms with Gasteiger partial charge in [0.15, 0.2) is 0 Å². The summed E-state index contributed by atoms with van der Waals surface area (Å²) in [7, 11) is 1.58. The van der Waals surface area contributed by atoms with Gasteiger partial charge in [-0.2, -0.15) is 0 Å². The third-order valence-corrected chi connectivity index (χ3v) is 7.95. The molecule has 40 heavy (non-hydrogen) atoms. The van der Waals surface area contributed by atoms with Crippen LogP contribution in [0.2, 0.25) is 5.02 Å². The number of likely N-dealkylation sites (N-methyl/N-ethyl adjacent to an activating group) is 1. The van der Waals surface area contributed by atoms with Gasteiger partial charge in [0.1, 0.15) is 29.0 Å². The number of likely N-dealkylation sites (tertiary alicyclic amines) is 1. The summed E-state index contributed by atoms with van der Waals surface area (Å²) in [6, 6.07) is 12.0. The maximum atomic E-state index is 13.9. The predicted octanol–water partition coefficient (Wildman–Crippen LogP) is 5.49. The monoisotopic (exact) mass is 572 g/mol. The molecule has 2 aliphatic heterocycles. The van der Waals surface area contributed by atoms with Gasteiger partial charge in [-0.15, -0.1) is 0 Å². The number of aromatic nitrogens is 1. The fourth-order valence-electron chi connectivity index (χ4n) is 5.41. The second kappa shape index (κ2) is 11.8. The summed E-state index contributed by atoms with van der Waals surface area (Å²) in [5.41, 5.74) is 0.699. The van der Waals surface area contributed by atoms with Crippen molar-refractivity contribution in [2.75, 3.05) is 38.1 Å². The molecule has 11 heteroatoms. The zero-order valence-electron chi connectivity index (χ0n) is 21.8. The van der Waals surface area contributed by atoms with Crippen molar-refractivity contribution in [3.05, 3.63) is 88.8 Å². The van der Waals surface area contributed by atoms with Crippen LogP contribution in [0.15, 0.2) is 60.8 Å². The van der Waals surface area contributed by atoms with E-state index in [4.69, 9.17) is 16.3 Å². The number of nitrogens with zero attached hydrogens (tertiary/aromatic N) is 4. The lowest BCUT2D eigenvalue weighted by Gasteiger charge is -2.34. The Kier molecular flexibility index (Phi) is 8.16. The van der Waals surface area contributed by atoms with Crippen LogP contribution in [-0.4, -0.2) is 66.1 Å². The Balaban J connectivity index is 1.30. The molecule has 7 nitrogen and oxygen atoms in total. The second-order valence-corrected chi connectivity index (χ2v) is 10.5. The van der Waals surface area contributed by atoms with Crippen molar-refractivity contribution in [1.29, 1.82) is 0 Å². The lowest BCUT2D eigenvalue weighted by atomic mass is 9.93. The van der Waals surface area contributed by atoms with Crippen LogP contribution < -0.4 is 9.64 Å². The van der Waals surface area contributed by atoms with Crippen LogP contribution in [0.5, 0.6) is 5.75 Å². The number of halogens is 4. The molecule has 2 fully saturated rings. The van der Waals surface area contributed by atoms with Crippen molar-refractivity contribution in [3.63, 3.8) is 0 Å². The minimum Gasteiger partial charge on any atom is -0.410 e. The van der Waals surface area contributed by atoms with Gasteiger partial charge in [-0.3, -0.25) is 4.79 Å². The van der Waals surface area contributed by atoms with Gasteiger partial charge in [-0.1, -0.05) is 17.7 Å². The maximum Gasteiger partial charge on any atom is 0.415 e. The van der Waals surface area contributed by atoms with E-state index in [1.807, 2.05) is 4.90 Å². The summed E-state index contributed by atoms with van der Waals surface area (Å²) in [5.74, 6) is -1.13. The van der Waals surface area contributed by atoms with E-state index >= 15 is 0 Å². The number of rotatable bonds is 5. The molecule has 210 valence electrons. The molecule has 0 saturated carbocycles. The molecule has 3 aromatic rings. The predicted molar refractivity (Wildman–Crippen MR) is 144 cm³/mol. The maximum absolute atomic E-state index is 13.9. The second-order valence-electron chi connectivity index (χ2n) is 10.1. The Morgan fingerprint density at radius 3 is 2.33 bits per heavy atom. The molecule has 0 radical (unpaired) electrons. The van der Waals surface area contributed by atoms with E-state index < -0.39 is 29.6 Å². The average Bonchev–Trinajstić information content (AvgIpc) is 3.41. The molecule has 0 N–H and O–H groups in total. The molecule has 0 unspecified atom stereocenters. The normalized spacial score (nSPS) is 19.5. The van der Waals surface area contributed by atoms with Crippen molar-refractivity contribution in [3.8, 4) is 5.75 Å². The number of piperidine rings is 1. The first-order chi connectivity index (χ1) is 19.2. The molecule has 0 spiro atoms. The Morgan fingerprint density at radius 1 is 0.975 bits per heavy atom. The van der Waals surface area contributed by atoms with Gasteiger partial charge in [-0.05, 0) is 66.9 Å². The first kappa shape index (κ1) is 27.8. The van der Waals surface area contributed by atoms with Gasteiger partial charge in [-0.25, -0.2) is 22.9 Å². The molecular weight excluding hydrogens is 545 g/mol. The van der Waals surface area contributed by atoms with E-state index in [0.717, 1.165) is 0 Å². The van der Waals surface area contributed by atoms with E-state index in [-0.39, 0.29) is 35.1 Å². The lowest BCUT2D eigenvalue weighted by molar-refractivity contribution is -0.135. The van der Waals surface area contributed by atoms with E-state index in [1.54, 1.807) is 24.1 Å². The molecule has 5 rings (SSSR count). The lowest BCUT2D eigenvalue weighted by Crippen LogP contribution is -2.45. The largest absolute Gasteiger partial charge is 0.415 e. The Bertz CT molecular complexity index is 1370. The van der Waals surface area contributed by atoms with Crippen LogP contribution in [0, 0.1) is 23.4 Å². The number of benzene rings is 2. The molecule has 3 heterocycles. The van der Waals surface area contributed by atoms with Crippen LogP contribution in [0.25, 0.3) is 0 Å². The van der Waals surface area contributed by atoms with Crippen LogP contribution >= 0.6 is 11.6 Å². The molecule has 2 aromatic carbocycles. The van der Waals surface area contributed by atoms with Crippen LogP contribution in [0.1, 0.15) is 24.3 Å². The summed E-state index contributed by atoms with van der Waals surface area (Å²) < 4.78 is 45.9. The molecule has 2 amide bonds. The number of hydrogen-bond donors (Lipinski definition) is 0. The summed E-state index contributed by atoms with van der Waals surface area (Å²) in [4.78, 5) is 36.0. The fraction of sp³-hybridized carbons (Fsp3) is 0.345. The van der Waals surface area contributed by atoms with Gasteiger partial charge >= 0.3 is 6.09 Å². The summed E-state index contributed by atoms with van der Waals surface area (Å²) in [5, 5.41) is -0.0423. The number of hydrogen-bond acceptors (Lipinski definition) is 5. The number of anilines is 1. The van der Waals surface area contributed by atoms with E-state index in [0.29, 0.717) is 43.9 Å². The molecule has 2 aliphatic rings. The van der Waals surface area contributed by atoms with E-state index in [2.05, 4.69) is 4.98 Å². The summed E-state index contributed by atoms with van der Waals surface area (Å²) >= 11 is 6.07. The Labute approximate surface area is 235 Å². The molecular formula is C29H28ClF3N4O3. The minimum absolute atomic E-state index is 0.0206. The number of pyridine rings is 1. The van der Waals surface area contributed by atoms with Crippen LogP contribution in [0.4, 0.5) is 23.8 Å². The standard InChI is InChI=1S/C29H28ClF3N4O3/c1-35(29(39)40-22-6-3-20(31)4-7-22)26-17-37(16-23(26)19-2-8-25(33)24(30)14-19)28(38)18-10-12-36(13-11-18)27-9-5-21(32)15-34-27/h2-9,14-15,18,23,26H,10-13,16-17H2,1H3/t23-,26+/m0/s1. The highest BCUT2D eigenvalue weighted by Crippen LogP contribution is 2.35. The number of carbonyl (C=O) groups excluding carboxylic acids is 2. The van der Waals surface area contributed by atoms with Crippen molar-refractivity contribution < 1.29 is 27.5 Å². The average molecular weight is 573 g/mol.